The van der Waals surface area contributed by atoms with E-state index < -0.39 is 26.8 Å². The molecule has 0 amide bonds. The van der Waals surface area contributed by atoms with Crippen molar-refractivity contribution in [1.29, 1.82) is 0 Å². The molecular formula is C8H5F3O3S. The zero-order valence-electron chi connectivity index (χ0n) is 7.15. The Balaban J connectivity index is 3.17. The molecule has 0 spiro atoms. The summed E-state index contributed by atoms with van der Waals surface area (Å²) in [7, 11) is -6.23. The van der Waals surface area contributed by atoms with Crippen LogP contribution in [0, 0.1) is 0 Å². The van der Waals surface area contributed by atoms with E-state index in [0.717, 1.165) is 12.1 Å². The van der Waals surface area contributed by atoms with Crippen LogP contribution in [0.2, 0.25) is 0 Å². The molecule has 82 valence electrons. The van der Waals surface area contributed by atoms with Gasteiger partial charge < -0.3 is 0 Å². The number of alkyl halides is 2. The molecule has 0 aromatic heterocycles. The topological polar surface area (TPSA) is 51.2 Å². The second-order valence-electron chi connectivity index (χ2n) is 2.65. The van der Waals surface area contributed by atoms with Gasteiger partial charge in [0, 0.05) is 5.56 Å². The molecule has 15 heavy (non-hydrogen) atoms. The molecule has 0 heterocycles. The molecular weight excluding hydrogens is 233 g/mol. The van der Waals surface area contributed by atoms with Crippen molar-refractivity contribution in [2.45, 2.75) is 5.25 Å². The van der Waals surface area contributed by atoms with Crippen LogP contribution in [-0.2, 0) is 10.2 Å². The van der Waals surface area contributed by atoms with Crippen molar-refractivity contribution in [2.75, 3.05) is 0 Å². The highest BCUT2D eigenvalue weighted by molar-refractivity contribution is 7.88. The fraction of sp³-hybridized carbons (Fsp3) is 0.125. The van der Waals surface area contributed by atoms with Crippen LogP contribution in [0.15, 0.2) is 30.3 Å². The van der Waals surface area contributed by atoms with Gasteiger partial charge in [0.15, 0.2) is 0 Å². The van der Waals surface area contributed by atoms with Crippen molar-refractivity contribution >= 4 is 16.0 Å². The average Bonchev–Trinajstić information content (AvgIpc) is 2.16. The minimum absolute atomic E-state index is 0.566. The van der Waals surface area contributed by atoms with Crippen molar-refractivity contribution < 1.29 is 25.9 Å². The van der Waals surface area contributed by atoms with E-state index in [2.05, 4.69) is 0 Å². The molecule has 0 saturated heterocycles. The average molecular weight is 238 g/mol. The van der Waals surface area contributed by atoms with Crippen molar-refractivity contribution in [3.05, 3.63) is 35.9 Å². The molecule has 1 rings (SSSR count). The molecule has 0 aliphatic heterocycles. The van der Waals surface area contributed by atoms with Gasteiger partial charge in [-0.3, -0.25) is 4.79 Å². The maximum atomic E-state index is 12.7. The molecule has 0 radical (unpaired) electrons. The summed E-state index contributed by atoms with van der Waals surface area (Å²) < 4.78 is 57.6. The molecule has 3 nitrogen and oxygen atoms in total. The lowest BCUT2D eigenvalue weighted by atomic mass is 10.1. The Kier molecular flexibility index (Phi) is 2.85. The number of halogens is 3. The molecule has 1 aromatic rings. The Morgan fingerprint density at radius 2 is 1.60 bits per heavy atom. The predicted octanol–water partition coefficient (Wildman–Crippen LogP) is 1.76. The van der Waals surface area contributed by atoms with Crippen LogP contribution in [-0.4, -0.2) is 19.5 Å². The van der Waals surface area contributed by atoms with Crippen molar-refractivity contribution in [1.82, 2.24) is 0 Å². The van der Waals surface area contributed by atoms with Gasteiger partial charge in [0.1, 0.15) is 0 Å². The normalized spacial score (nSPS) is 12.5. The summed E-state index contributed by atoms with van der Waals surface area (Å²) in [6.45, 7) is 0. The fourth-order valence-electron chi connectivity index (χ4n) is 0.868. The SMILES string of the molecule is O=C(c1ccccc1)C(F)(F)S(=O)(=O)F. The minimum Gasteiger partial charge on any atom is -0.286 e. The molecule has 0 fully saturated rings. The summed E-state index contributed by atoms with van der Waals surface area (Å²) in [4.78, 5) is 10.9. The van der Waals surface area contributed by atoms with Crippen LogP contribution in [0.3, 0.4) is 0 Å². The van der Waals surface area contributed by atoms with Gasteiger partial charge in [-0.2, -0.15) is 17.2 Å². The zero-order chi connectivity index (χ0) is 11.7. The summed E-state index contributed by atoms with van der Waals surface area (Å²) in [5, 5.41) is -5.03. The van der Waals surface area contributed by atoms with Gasteiger partial charge in [0.2, 0.25) is 0 Å². The van der Waals surface area contributed by atoms with Crippen molar-refractivity contribution in [3.8, 4) is 0 Å². The van der Waals surface area contributed by atoms with E-state index >= 15 is 0 Å². The largest absolute Gasteiger partial charge is 0.435 e. The lowest BCUT2D eigenvalue weighted by molar-refractivity contribution is 0.0508. The van der Waals surface area contributed by atoms with Gasteiger partial charge in [-0.05, 0) is 0 Å². The Morgan fingerprint density at radius 3 is 2.00 bits per heavy atom. The maximum Gasteiger partial charge on any atom is 0.435 e. The van der Waals surface area contributed by atoms with E-state index in [9.17, 15) is 25.9 Å². The van der Waals surface area contributed by atoms with Gasteiger partial charge in [0.25, 0.3) is 5.78 Å². The number of Topliss-reactive ketones (excluding diaryl/α,β-unsaturated/α-hetero) is 1. The first kappa shape index (κ1) is 11.7. The number of hydrogen-bond donors (Lipinski definition) is 0. The van der Waals surface area contributed by atoms with Crippen LogP contribution in [0.25, 0.3) is 0 Å². The highest BCUT2D eigenvalue weighted by Gasteiger charge is 2.53. The molecule has 1 aromatic carbocycles. The number of rotatable bonds is 3. The quantitative estimate of drug-likeness (QED) is 0.595. The van der Waals surface area contributed by atoms with E-state index in [1.807, 2.05) is 0 Å². The summed E-state index contributed by atoms with van der Waals surface area (Å²) in [6.07, 6.45) is 0. The van der Waals surface area contributed by atoms with Crippen LogP contribution in [0.1, 0.15) is 10.4 Å². The lowest BCUT2D eigenvalue weighted by Gasteiger charge is -2.09. The summed E-state index contributed by atoms with van der Waals surface area (Å²) >= 11 is 0. The van der Waals surface area contributed by atoms with E-state index in [1.165, 1.54) is 18.2 Å². The Bertz CT molecular complexity index is 467. The molecule has 7 heteroatoms. The third-order valence-electron chi connectivity index (χ3n) is 1.61. The van der Waals surface area contributed by atoms with Crippen LogP contribution >= 0.6 is 0 Å². The van der Waals surface area contributed by atoms with E-state index in [0.29, 0.717) is 0 Å². The van der Waals surface area contributed by atoms with Crippen LogP contribution < -0.4 is 0 Å². The van der Waals surface area contributed by atoms with Gasteiger partial charge in [-0.25, -0.2) is 0 Å². The second kappa shape index (κ2) is 3.65. The molecule has 0 aliphatic rings. The van der Waals surface area contributed by atoms with Gasteiger partial charge in [-0.15, -0.1) is 0 Å². The first-order chi connectivity index (χ1) is 6.77. The summed E-state index contributed by atoms with van der Waals surface area (Å²) in [5.41, 5.74) is -0.566. The smallest absolute Gasteiger partial charge is 0.286 e. The second-order valence-corrected chi connectivity index (χ2v) is 4.04. The lowest BCUT2D eigenvalue weighted by Crippen LogP contribution is -2.35. The first-order valence-electron chi connectivity index (χ1n) is 3.68. The molecule has 0 N–H and O–H groups in total. The molecule has 0 saturated carbocycles. The Morgan fingerprint density at radius 1 is 1.13 bits per heavy atom. The highest BCUT2D eigenvalue weighted by Crippen LogP contribution is 2.27. The van der Waals surface area contributed by atoms with E-state index in [-0.39, 0.29) is 0 Å². The van der Waals surface area contributed by atoms with E-state index in [1.54, 1.807) is 0 Å². The third-order valence-corrected chi connectivity index (χ3v) is 2.40. The number of ketones is 1. The molecule has 0 atom stereocenters. The number of carbonyl (C=O) groups excluding carboxylic acids is 1. The third kappa shape index (κ3) is 2.17. The minimum atomic E-state index is -6.23. The van der Waals surface area contributed by atoms with Crippen LogP contribution in [0.4, 0.5) is 12.7 Å². The standard InChI is InChI=1S/C8H5F3O3S/c9-8(10,15(11,13)14)7(12)6-4-2-1-3-5-6/h1-5H. The zero-order valence-corrected chi connectivity index (χ0v) is 7.97. The molecule has 0 aliphatic carbocycles. The predicted molar refractivity (Wildman–Crippen MR) is 45.7 cm³/mol. The van der Waals surface area contributed by atoms with Gasteiger partial charge >= 0.3 is 15.5 Å². The Labute approximate surface area is 83.7 Å². The molecule has 0 bridgehead atoms. The van der Waals surface area contributed by atoms with Crippen molar-refractivity contribution in [3.63, 3.8) is 0 Å². The number of benzene rings is 1. The van der Waals surface area contributed by atoms with Crippen molar-refractivity contribution in [2.24, 2.45) is 0 Å². The maximum absolute atomic E-state index is 12.7. The van der Waals surface area contributed by atoms with Crippen LogP contribution in [0.5, 0.6) is 0 Å². The number of hydrogen-bond acceptors (Lipinski definition) is 3. The fourth-order valence-corrected chi connectivity index (χ4v) is 1.21. The Hall–Kier alpha value is -1.37. The summed E-state index contributed by atoms with van der Waals surface area (Å²) in [5.74, 6) is -2.08. The monoisotopic (exact) mass is 238 g/mol. The van der Waals surface area contributed by atoms with E-state index in [4.69, 9.17) is 0 Å². The molecule has 0 unspecified atom stereocenters. The number of carbonyl (C=O) groups is 1. The highest BCUT2D eigenvalue weighted by atomic mass is 32.3. The first-order valence-corrected chi connectivity index (χ1v) is 5.07. The van der Waals surface area contributed by atoms with Gasteiger partial charge in [0.05, 0.1) is 0 Å². The summed E-state index contributed by atoms with van der Waals surface area (Å²) in [6, 6.07) is 5.91. The van der Waals surface area contributed by atoms with Gasteiger partial charge in [-0.1, -0.05) is 34.2 Å².